The van der Waals surface area contributed by atoms with Gasteiger partial charge in [-0.1, -0.05) is 5.21 Å². The van der Waals surface area contributed by atoms with E-state index in [0.29, 0.717) is 24.8 Å². The highest BCUT2D eigenvalue weighted by Gasteiger charge is 2.34. The van der Waals surface area contributed by atoms with Crippen LogP contribution in [0, 0.1) is 0 Å². The Kier molecular flexibility index (Phi) is 3.29. The molecule has 0 atom stereocenters. The van der Waals surface area contributed by atoms with Crippen LogP contribution >= 0.6 is 11.3 Å². The van der Waals surface area contributed by atoms with E-state index in [-0.39, 0.29) is 5.97 Å². The average Bonchev–Trinajstić information content (AvgIpc) is 2.95. The molecular formula is C12H14N4O2S. The Balaban J connectivity index is 1.90. The zero-order valence-electron chi connectivity index (χ0n) is 10.6. The number of ether oxygens (including phenoxy) is 1. The minimum atomic E-state index is -0.380. The molecule has 1 fully saturated rings. The van der Waals surface area contributed by atoms with Crippen LogP contribution in [0.25, 0.3) is 0 Å². The maximum Gasteiger partial charge on any atom is 0.360 e. The standard InChI is InChI=1S/C12H14N4O2S/c1-2-18-12(17)10-11(8-3-4-8)16(15-14-10)7-9-13-5-6-19-9/h5-6,8H,2-4,7H2,1H3. The maximum absolute atomic E-state index is 11.9. The van der Waals surface area contributed by atoms with Gasteiger partial charge in [0.25, 0.3) is 0 Å². The fraction of sp³-hybridized carbons (Fsp3) is 0.500. The van der Waals surface area contributed by atoms with E-state index < -0.39 is 0 Å². The van der Waals surface area contributed by atoms with Crippen molar-refractivity contribution in [3.05, 3.63) is 28.0 Å². The molecular weight excluding hydrogens is 264 g/mol. The number of hydrogen-bond donors (Lipinski definition) is 0. The Hall–Kier alpha value is -1.76. The third-order valence-electron chi connectivity index (χ3n) is 2.97. The van der Waals surface area contributed by atoms with Crippen molar-refractivity contribution in [2.45, 2.75) is 32.2 Å². The molecule has 0 aromatic carbocycles. The molecule has 3 rings (SSSR count). The van der Waals surface area contributed by atoms with Gasteiger partial charge in [0, 0.05) is 17.5 Å². The SMILES string of the molecule is CCOC(=O)c1nnn(Cc2nccs2)c1C1CC1. The van der Waals surface area contributed by atoms with Crippen LogP contribution < -0.4 is 0 Å². The molecule has 2 heterocycles. The van der Waals surface area contributed by atoms with E-state index in [2.05, 4.69) is 15.3 Å². The molecule has 7 heteroatoms. The molecule has 0 bridgehead atoms. The summed E-state index contributed by atoms with van der Waals surface area (Å²) in [5.74, 6) is 0.00385. The number of nitrogens with zero attached hydrogens (tertiary/aromatic N) is 4. The molecule has 1 aliphatic rings. The summed E-state index contributed by atoms with van der Waals surface area (Å²) in [6, 6.07) is 0. The first-order chi connectivity index (χ1) is 9.29. The molecule has 0 saturated heterocycles. The van der Waals surface area contributed by atoms with Gasteiger partial charge in [0.1, 0.15) is 5.01 Å². The Bertz CT molecular complexity index is 575. The molecule has 0 radical (unpaired) electrons. The summed E-state index contributed by atoms with van der Waals surface area (Å²) in [6.45, 7) is 2.70. The predicted octanol–water partition coefficient (Wildman–Crippen LogP) is 1.84. The summed E-state index contributed by atoms with van der Waals surface area (Å²) in [5.41, 5.74) is 1.26. The van der Waals surface area contributed by atoms with Gasteiger partial charge in [-0.05, 0) is 19.8 Å². The van der Waals surface area contributed by atoms with Crippen molar-refractivity contribution in [2.24, 2.45) is 0 Å². The van der Waals surface area contributed by atoms with E-state index in [1.165, 1.54) is 0 Å². The second-order valence-electron chi connectivity index (χ2n) is 4.40. The summed E-state index contributed by atoms with van der Waals surface area (Å²) in [6.07, 6.45) is 3.93. The zero-order chi connectivity index (χ0) is 13.2. The van der Waals surface area contributed by atoms with Gasteiger partial charge in [-0.25, -0.2) is 14.5 Å². The van der Waals surface area contributed by atoms with Crippen LogP contribution in [0.3, 0.4) is 0 Å². The fourth-order valence-electron chi connectivity index (χ4n) is 2.00. The summed E-state index contributed by atoms with van der Waals surface area (Å²) >= 11 is 1.57. The molecule has 19 heavy (non-hydrogen) atoms. The maximum atomic E-state index is 11.9. The molecule has 2 aromatic heterocycles. The van der Waals surface area contributed by atoms with Crippen molar-refractivity contribution < 1.29 is 9.53 Å². The number of thiazole rings is 1. The molecule has 0 spiro atoms. The largest absolute Gasteiger partial charge is 0.461 e. The van der Waals surface area contributed by atoms with E-state index in [9.17, 15) is 4.79 Å². The van der Waals surface area contributed by atoms with Crippen LogP contribution in [0.15, 0.2) is 11.6 Å². The normalized spacial score (nSPS) is 14.6. The highest BCUT2D eigenvalue weighted by molar-refractivity contribution is 7.09. The Morgan fingerprint density at radius 2 is 2.42 bits per heavy atom. The second-order valence-corrected chi connectivity index (χ2v) is 5.38. The van der Waals surface area contributed by atoms with Gasteiger partial charge >= 0.3 is 5.97 Å². The van der Waals surface area contributed by atoms with Crippen molar-refractivity contribution in [1.82, 2.24) is 20.0 Å². The fourth-order valence-corrected chi connectivity index (χ4v) is 2.60. The third kappa shape index (κ3) is 2.51. The van der Waals surface area contributed by atoms with Crippen molar-refractivity contribution in [3.63, 3.8) is 0 Å². The van der Waals surface area contributed by atoms with Gasteiger partial charge in [0.05, 0.1) is 18.8 Å². The summed E-state index contributed by atoms with van der Waals surface area (Å²) in [5, 5.41) is 11.0. The van der Waals surface area contributed by atoms with Crippen LogP contribution in [0.1, 0.15) is 46.9 Å². The monoisotopic (exact) mass is 278 g/mol. The van der Waals surface area contributed by atoms with Crippen molar-refractivity contribution in [2.75, 3.05) is 6.61 Å². The summed E-state index contributed by atoms with van der Waals surface area (Å²) in [4.78, 5) is 16.1. The number of carbonyl (C=O) groups excluding carboxylic acids is 1. The lowest BCUT2D eigenvalue weighted by Crippen LogP contribution is -2.11. The average molecular weight is 278 g/mol. The van der Waals surface area contributed by atoms with E-state index >= 15 is 0 Å². The van der Waals surface area contributed by atoms with E-state index in [4.69, 9.17) is 4.74 Å². The number of hydrogen-bond acceptors (Lipinski definition) is 6. The van der Waals surface area contributed by atoms with Crippen LogP contribution in [0.4, 0.5) is 0 Å². The molecule has 1 saturated carbocycles. The van der Waals surface area contributed by atoms with Crippen LogP contribution in [-0.2, 0) is 11.3 Å². The van der Waals surface area contributed by atoms with E-state index in [0.717, 1.165) is 23.5 Å². The highest BCUT2D eigenvalue weighted by Crippen LogP contribution is 2.41. The van der Waals surface area contributed by atoms with Gasteiger partial charge < -0.3 is 4.74 Å². The van der Waals surface area contributed by atoms with E-state index in [1.807, 2.05) is 5.38 Å². The molecule has 2 aromatic rings. The Labute approximate surface area is 114 Å². The number of esters is 1. The first kappa shape index (κ1) is 12.3. The zero-order valence-corrected chi connectivity index (χ0v) is 11.4. The second kappa shape index (κ2) is 5.08. The lowest BCUT2D eigenvalue weighted by Gasteiger charge is -2.05. The smallest absolute Gasteiger partial charge is 0.360 e. The highest BCUT2D eigenvalue weighted by atomic mass is 32.1. The van der Waals surface area contributed by atoms with Crippen molar-refractivity contribution in [1.29, 1.82) is 0 Å². The third-order valence-corrected chi connectivity index (χ3v) is 3.74. The minimum Gasteiger partial charge on any atom is -0.461 e. The van der Waals surface area contributed by atoms with Crippen LogP contribution in [-0.4, -0.2) is 32.6 Å². The molecule has 6 nitrogen and oxygen atoms in total. The first-order valence-electron chi connectivity index (χ1n) is 6.28. The summed E-state index contributed by atoms with van der Waals surface area (Å²) in [7, 11) is 0. The predicted molar refractivity (Wildman–Crippen MR) is 69.2 cm³/mol. The quantitative estimate of drug-likeness (QED) is 0.780. The topological polar surface area (TPSA) is 69.9 Å². The molecule has 100 valence electrons. The lowest BCUT2D eigenvalue weighted by atomic mass is 10.2. The van der Waals surface area contributed by atoms with Gasteiger partial charge in [-0.15, -0.1) is 16.4 Å². The van der Waals surface area contributed by atoms with Gasteiger partial charge in [0.15, 0.2) is 5.69 Å². The van der Waals surface area contributed by atoms with E-state index in [1.54, 1.807) is 29.1 Å². The Morgan fingerprint density at radius 1 is 1.58 bits per heavy atom. The number of carbonyl (C=O) groups is 1. The molecule has 0 unspecified atom stereocenters. The van der Waals surface area contributed by atoms with Crippen molar-refractivity contribution in [3.8, 4) is 0 Å². The van der Waals surface area contributed by atoms with Crippen LogP contribution in [0.5, 0.6) is 0 Å². The minimum absolute atomic E-state index is 0.349. The molecule has 0 N–H and O–H groups in total. The van der Waals surface area contributed by atoms with Crippen molar-refractivity contribution >= 4 is 17.3 Å². The van der Waals surface area contributed by atoms with Gasteiger partial charge in [-0.3, -0.25) is 0 Å². The summed E-state index contributed by atoms with van der Waals surface area (Å²) < 4.78 is 6.81. The Morgan fingerprint density at radius 3 is 3.05 bits per heavy atom. The lowest BCUT2D eigenvalue weighted by molar-refractivity contribution is 0.0518. The number of rotatable bonds is 5. The molecule has 0 aliphatic heterocycles. The first-order valence-corrected chi connectivity index (χ1v) is 7.16. The molecule has 1 aliphatic carbocycles. The molecule has 0 amide bonds. The van der Waals surface area contributed by atoms with Gasteiger partial charge in [-0.2, -0.15) is 0 Å². The van der Waals surface area contributed by atoms with Gasteiger partial charge in [0.2, 0.25) is 0 Å². The van der Waals surface area contributed by atoms with Crippen LogP contribution in [0.2, 0.25) is 0 Å². The number of aromatic nitrogens is 4.